The second-order valence-corrected chi connectivity index (χ2v) is 3.15. The highest BCUT2D eigenvalue weighted by atomic mass is 19.1. The number of amides is 1. The quantitative estimate of drug-likeness (QED) is 0.783. The second-order valence-electron chi connectivity index (χ2n) is 3.15. The highest BCUT2D eigenvalue weighted by Crippen LogP contribution is 2.09. The van der Waals surface area contributed by atoms with Crippen molar-refractivity contribution in [1.82, 2.24) is 0 Å². The van der Waals surface area contributed by atoms with Gasteiger partial charge in [0.25, 0.3) is 5.91 Å². The maximum Gasteiger partial charge on any atom is 0.266 e. The van der Waals surface area contributed by atoms with Crippen LogP contribution in [-0.2, 0) is 9.59 Å². The van der Waals surface area contributed by atoms with Crippen LogP contribution in [0.4, 0.5) is 10.1 Å². The Kier molecular flexibility index (Phi) is 3.72. The zero-order valence-electron chi connectivity index (χ0n) is 8.53. The summed E-state index contributed by atoms with van der Waals surface area (Å²) < 4.78 is 12.9. The highest BCUT2D eigenvalue weighted by molar-refractivity contribution is 6.08. The van der Waals surface area contributed by atoms with E-state index >= 15 is 0 Å². The summed E-state index contributed by atoms with van der Waals surface area (Å²) >= 11 is 0. The summed E-state index contributed by atoms with van der Waals surface area (Å²) in [4.78, 5) is 21.7. The maximum atomic E-state index is 12.9. The van der Waals surface area contributed by atoms with Crippen molar-refractivity contribution in [3.63, 3.8) is 0 Å². The lowest BCUT2D eigenvalue weighted by atomic mass is 10.2. The summed E-state index contributed by atoms with van der Waals surface area (Å²) in [6.45, 7) is 1.00. The van der Waals surface area contributed by atoms with E-state index in [4.69, 9.17) is 5.26 Å². The molecule has 0 spiro atoms. The molecule has 0 aliphatic heterocycles. The first-order valence-electron chi connectivity index (χ1n) is 4.50. The molecule has 0 saturated heterocycles. The molecule has 1 amide bonds. The molecule has 1 N–H and O–H groups in total. The topological polar surface area (TPSA) is 70.0 Å². The number of Topliss-reactive ketones (excluding diaryl/α,β-unsaturated/α-hetero) is 1. The largest absolute Gasteiger partial charge is 0.323 e. The molecule has 0 saturated carbocycles. The molecule has 0 aromatic heterocycles. The van der Waals surface area contributed by atoms with Gasteiger partial charge in [0.2, 0.25) is 6.17 Å². The second kappa shape index (κ2) is 5.03. The lowest BCUT2D eigenvalue weighted by molar-refractivity contribution is -0.131. The van der Waals surface area contributed by atoms with E-state index in [1.165, 1.54) is 24.3 Å². The summed E-state index contributed by atoms with van der Waals surface area (Å²) in [6, 6.07) is 7.80. The van der Waals surface area contributed by atoms with Gasteiger partial charge in [-0.2, -0.15) is 5.26 Å². The Bertz CT molecular complexity index is 448. The van der Waals surface area contributed by atoms with Crippen LogP contribution in [0.5, 0.6) is 0 Å². The van der Waals surface area contributed by atoms with Gasteiger partial charge >= 0.3 is 0 Å². The Balaban J connectivity index is 2.71. The average molecular weight is 220 g/mol. The fraction of sp³-hybridized carbons (Fsp3) is 0.182. The van der Waals surface area contributed by atoms with Gasteiger partial charge in [-0.05, 0) is 31.2 Å². The minimum atomic E-state index is -2.16. The highest BCUT2D eigenvalue weighted by Gasteiger charge is 2.21. The molecule has 1 aromatic rings. The van der Waals surface area contributed by atoms with Gasteiger partial charge in [-0.15, -0.1) is 0 Å². The predicted molar refractivity (Wildman–Crippen MR) is 55.4 cm³/mol. The summed E-state index contributed by atoms with van der Waals surface area (Å²) in [7, 11) is 0. The van der Waals surface area contributed by atoms with Crippen LogP contribution in [0.3, 0.4) is 0 Å². The molecule has 0 radical (unpaired) electrons. The van der Waals surface area contributed by atoms with Crippen molar-refractivity contribution in [1.29, 1.82) is 5.26 Å². The van der Waals surface area contributed by atoms with Crippen molar-refractivity contribution in [3.05, 3.63) is 29.8 Å². The Morgan fingerprint density at radius 3 is 2.38 bits per heavy atom. The zero-order chi connectivity index (χ0) is 12.1. The van der Waals surface area contributed by atoms with Crippen molar-refractivity contribution >= 4 is 17.4 Å². The number of alkyl halides is 1. The fourth-order valence-electron chi connectivity index (χ4n) is 1.02. The Morgan fingerprint density at radius 1 is 1.38 bits per heavy atom. The van der Waals surface area contributed by atoms with Crippen LogP contribution in [0.1, 0.15) is 12.5 Å². The number of hydrogen-bond donors (Lipinski definition) is 1. The molecule has 5 heteroatoms. The van der Waals surface area contributed by atoms with Gasteiger partial charge in [-0.1, -0.05) is 0 Å². The number of benzene rings is 1. The third kappa shape index (κ3) is 2.89. The van der Waals surface area contributed by atoms with Crippen LogP contribution >= 0.6 is 0 Å². The molecule has 0 aliphatic carbocycles. The minimum absolute atomic E-state index is 0.341. The monoisotopic (exact) mass is 220 g/mol. The molecule has 0 fully saturated rings. The number of halogens is 1. The summed E-state index contributed by atoms with van der Waals surface area (Å²) in [5.41, 5.74) is 0.772. The molecule has 1 unspecified atom stereocenters. The number of rotatable bonds is 3. The van der Waals surface area contributed by atoms with Crippen molar-refractivity contribution < 1.29 is 14.0 Å². The first kappa shape index (κ1) is 11.9. The summed E-state index contributed by atoms with van der Waals surface area (Å²) in [5.74, 6) is -1.84. The minimum Gasteiger partial charge on any atom is -0.323 e. The first-order chi connectivity index (χ1) is 7.54. The zero-order valence-corrected chi connectivity index (χ0v) is 8.53. The molecule has 0 aliphatic rings. The van der Waals surface area contributed by atoms with Gasteiger partial charge in [0.1, 0.15) is 0 Å². The Labute approximate surface area is 91.7 Å². The van der Waals surface area contributed by atoms with Gasteiger partial charge < -0.3 is 5.32 Å². The van der Waals surface area contributed by atoms with E-state index in [0.717, 1.165) is 6.92 Å². The van der Waals surface area contributed by atoms with Gasteiger partial charge in [0, 0.05) is 5.69 Å². The van der Waals surface area contributed by atoms with Crippen LogP contribution in [-0.4, -0.2) is 17.9 Å². The number of anilines is 1. The third-order valence-corrected chi connectivity index (χ3v) is 1.87. The molecular formula is C11H9FN2O2. The molecule has 0 bridgehead atoms. The smallest absolute Gasteiger partial charge is 0.266 e. The Morgan fingerprint density at radius 2 is 1.94 bits per heavy atom. The molecule has 1 atom stereocenters. The SMILES string of the molecule is CC(=O)C(F)C(=O)Nc1ccc(C#N)cc1. The Hall–Kier alpha value is -2.22. The van der Waals surface area contributed by atoms with Crippen LogP contribution < -0.4 is 5.32 Å². The van der Waals surface area contributed by atoms with Crippen LogP contribution in [0.2, 0.25) is 0 Å². The van der Waals surface area contributed by atoms with E-state index in [-0.39, 0.29) is 0 Å². The molecule has 1 aromatic carbocycles. The van der Waals surface area contributed by atoms with Crippen LogP contribution in [0, 0.1) is 11.3 Å². The van der Waals surface area contributed by atoms with E-state index in [9.17, 15) is 14.0 Å². The number of nitrogens with zero attached hydrogens (tertiary/aromatic N) is 1. The summed E-state index contributed by atoms with van der Waals surface area (Å²) in [5, 5.41) is 10.8. The number of carbonyl (C=O) groups excluding carboxylic acids is 2. The normalized spacial score (nSPS) is 11.3. The van der Waals surface area contributed by atoms with Gasteiger partial charge in [-0.25, -0.2) is 4.39 Å². The van der Waals surface area contributed by atoms with Crippen molar-refractivity contribution in [2.45, 2.75) is 13.1 Å². The fourth-order valence-corrected chi connectivity index (χ4v) is 1.02. The van der Waals surface area contributed by atoms with Crippen molar-refractivity contribution in [2.75, 3.05) is 5.32 Å². The van der Waals surface area contributed by atoms with Crippen molar-refractivity contribution in [3.8, 4) is 6.07 Å². The van der Waals surface area contributed by atoms with Crippen molar-refractivity contribution in [2.24, 2.45) is 0 Å². The number of hydrogen-bond acceptors (Lipinski definition) is 3. The number of nitrogens with one attached hydrogen (secondary N) is 1. The van der Waals surface area contributed by atoms with E-state index in [0.29, 0.717) is 11.3 Å². The summed E-state index contributed by atoms with van der Waals surface area (Å²) in [6.07, 6.45) is -2.16. The standard InChI is InChI=1S/C11H9FN2O2/c1-7(15)10(12)11(16)14-9-4-2-8(6-13)3-5-9/h2-5,10H,1H3,(H,14,16). The lowest BCUT2D eigenvalue weighted by Gasteiger charge is -2.06. The van der Waals surface area contributed by atoms with Crippen LogP contribution in [0.25, 0.3) is 0 Å². The molecule has 82 valence electrons. The third-order valence-electron chi connectivity index (χ3n) is 1.87. The van der Waals surface area contributed by atoms with E-state index in [1.807, 2.05) is 6.07 Å². The molecule has 0 heterocycles. The molecule has 16 heavy (non-hydrogen) atoms. The van der Waals surface area contributed by atoms with E-state index in [2.05, 4.69) is 5.32 Å². The number of nitriles is 1. The molecule has 4 nitrogen and oxygen atoms in total. The lowest BCUT2D eigenvalue weighted by Crippen LogP contribution is -2.29. The molecular weight excluding hydrogens is 211 g/mol. The van der Waals surface area contributed by atoms with E-state index in [1.54, 1.807) is 0 Å². The maximum absolute atomic E-state index is 12.9. The van der Waals surface area contributed by atoms with Gasteiger partial charge in [-0.3, -0.25) is 9.59 Å². The van der Waals surface area contributed by atoms with E-state index < -0.39 is 17.9 Å². The van der Waals surface area contributed by atoms with Crippen LogP contribution in [0.15, 0.2) is 24.3 Å². The van der Waals surface area contributed by atoms with Gasteiger partial charge in [0.05, 0.1) is 11.6 Å². The first-order valence-corrected chi connectivity index (χ1v) is 4.50. The number of ketones is 1. The average Bonchev–Trinajstić information content (AvgIpc) is 2.28. The number of carbonyl (C=O) groups is 2. The predicted octanol–water partition coefficient (Wildman–Crippen LogP) is 1.42. The van der Waals surface area contributed by atoms with Gasteiger partial charge in [0.15, 0.2) is 5.78 Å². The molecule has 1 rings (SSSR count).